The van der Waals surface area contributed by atoms with E-state index in [0.29, 0.717) is 16.8 Å². The van der Waals surface area contributed by atoms with Gasteiger partial charge in [0.1, 0.15) is 36.6 Å². The maximum atomic E-state index is 11.2. The zero-order chi connectivity index (χ0) is 19.0. The molecule has 2 aromatic rings. The summed E-state index contributed by atoms with van der Waals surface area (Å²) in [6.45, 7) is -0.550. The van der Waals surface area contributed by atoms with Crippen molar-refractivity contribution in [2.75, 3.05) is 6.61 Å². The lowest BCUT2D eigenvalue weighted by Crippen LogP contribution is -2.55. The number of rotatable bonds is 5. The summed E-state index contributed by atoms with van der Waals surface area (Å²) >= 11 is 0. The molecule has 0 bridgehead atoms. The SMILES string of the molecule is N[C@@H](Cc1c([C@@H]2O[C@H](CO)[C@@H](O)[C@H](O)[C@H]2O)[nH]c2ccccc12)C(=O)O. The molecule has 1 saturated heterocycles. The van der Waals surface area contributed by atoms with Crippen LogP contribution in [-0.4, -0.2) is 73.6 Å². The summed E-state index contributed by atoms with van der Waals surface area (Å²) in [5.41, 5.74) is 7.28. The van der Waals surface area contributed by atoms with Crippen molar-refractivity contribution >= 4 is 16.9 Å². The van der Waals surface area contributed by atoms with Crippen molar-refractivity contribution in [3.8, 4) is 0 Å². The van der Waals surface area contributed by atoms with Crippen LogP contribution in [0.3, 0.4) is 0 Å². The molecular weight excluding hydrogens is 344 g/mol. The second kappa shape index (κ2) is 7.31. The number of aromatic nitrogens is 1. The molecular formula is C17H22N2O7. The van der Waals surface area contributed by atoms with E-state index in [9.17, 15) is 25.2 Å². The Hall–Kier alpha value is -2.01. The van der Waals surface area contributed by atoms with Gasteiger partial charge < -0.3 is 41.0 Å². The second-order valence-electron chi connectivity index (χ2n) is 6.46. The van der Waals surface area contributed by atoms with Gasteiger partial charge in [0, 0.05) is 17.3 Å². The maximum Gasteiger partial charge on any atom is 0.320 e. The number of ether oxygens (including phenoxy) is 1. The molecule has 0 radical (unpaired) electrons. The topological polar surface area (TPSA) is 169 Å². The van der Waals surface area contributed by atoms with Gasteiger partial charge in [0.2, 0.25) is 0 Å². The van der Waals surface area contributed by atoms with Gasteiger partial charge >= 0.3 is 5.97 Å². The molecule has 1 aromatic carbocycles. The molecule has 142 valence electrons. The molecule has 1 aliphatic rings. The van der Waals surface area contributed by atoms with Crippen LogP contribution in [0.5, 0.6) is 0 Å². The Bertz CT molecular complexity index is 791. The highest BCUT2D eigenvalue weighted by Crippen LogP contribution is 2.36. The predicted molar refractivity (Wildman–Crippen MR) is 90.3 cm³/mol. The third-order valence-electron chi connectivity index (χ3n) is 4.76. The van der Waals surface area contributed by atoms with E-state index >= 15 is 0 Å². The van der Waals surface area contributed by atoms with Gasteiger partial charge in [-0.05, 0) is 11.6 Å². The molecule has 0 unspecified atom stereocenters. The van der Waals surface area contributed by atoms with Crippen LogP contribution in [0, 0.1) is 0 Å². The zero-order valence-corrected chi connectivity index (χ0v) is 13.8. The Kier molecular flexibility index (Phi) is 5.28. The van der Waals surface area contributed by atoms with E-state index in [0.717, 1.165) is 5.39 Å². The van der Waals surface area contributed by atoms with Crippen LogP contribution < -0.4 is 5.73 Å². The number of aliphatic hydroxyl groups is 4. The lowest BCUT2D eigenvalue weighted by molar-refractivity contribution is -0.232. The van der Waals surface area contributed by atoms with Crippen LogP contribution in [-0.2, 0) is 16.0 Å². The number of carbonyl (C=O) groups is 1. The molecule has 1 fully saturated rings. The lowest BCUT2D eigenvalue weighted by atomic mass is 9.90. The Morgan fingerprint density at radius 1 is 1.19 bits per heavy atom. The molecule has 0 aliphatic carbocycles. The molecule has 2 heterocycles. The van der Waals surface area contributed by atoms with Gasteiger partial charge in [-0.25, -0.2) is 0 Å². The van der Waals surface area contributed by atoms with Crippen molar-refractivity contribution in [2.24, 2.45) is 5.73 Å². The number of benzene rings is 1. The van der Waals surface area contributed by atoms with Crippen LogP contribution in [0.2, 0.25) is 0 Å². The van der Waals surface area contributed by atoms with Crippen LogP contribution >= 0.6 is 0 Å². The first kappa shape index (κ1) is 18.8. The first-order chi connectivity index (χ1) is 12.3. The smallest absolute Gasteiger partial charge is 0.320 e. The number of nitrogens with one attached hydrogen (secondary N) is 1. The average molecular weight is 366 g/mol. The van der Waals surface area contributed by atoms with E-state index in [1.165, 1.54) is 0 Å². The number of aliphatic hydroxyl groups excluding tert-OH is 4. The number of carboxylic acid groups (broad SMARTS) is 1. The van der Waals surface area contributed by atoms with Gasteiger partial charge in [-0.2, -0.15) is 0 Å². The first-order valence-corrected chi connectivity index (χ1v) is 8.23. The standard InChI is InChI=1S/C17H22N2O7/c18-9(17(24)25)5-8-7-3-1-2-4-10(7)19-12(8)16-15(23)14(22)13(21)11(6-20)26-16/h1-4,9,11,13-16,19-23H,5-6,18H2,(H,24,25)/t9-,11+,13+,14-,15+,16-/m0/s1. The first-order valence-electron chi connectivity index (χ1n) is 8.23. The number of H-pyrrole nitrogens is 1. The molecule has 1 aromatic heterocycles. The lowest BCUT2D eigenvalue weighted by Gasteiger charge is -2.40. The Balaban J connectivity index is 2.07. The third kappa shape index (κ3) is 3.20. The molecule has 9 nitrogen and oxygen atoms in total. The molecule has 6 atom stereocenters. The number of carboxylic acids is 1. The number of hydrogen-bond acceptors (Lipinski definition) is 7. The number of aliphatic carboxylic acids is 1. The van der Waals surface area contributed by atoms with Crippen LogP contribution in [0.25, 0.3) is 10.9 Å². The number of aromatic amines is 1. The molecule has 0 saturated carbocycles. The van der Waals surface area contributed by atoms with E-state index in [4.69, 9.17) is 15.6 Å². The van der Waals surface area contributed by atoms with Gasteiger partial charge in [-0.3, -0.25) is 4.79 Å². The van der Waals surface area contributed by atoms with Crippen molar-refractivity contribution in [3.63, 3.8) is 0 Å². The molecule has 1 aliphatic heterocycles. The molecule has 26 heavy (non-hydrogen) atoms. The van der Waals surface area contributed by atoms with Crippen molar-refractivity contribution in [1.29, 1.82) is 0 Å². The summed E-state index contributed by atoms with van der Waals surface area (Å²) in [5, 5.41) is 49.6. The van der Waals surface area contributed by atoms with E-state index < -0.39 is 49.1 Å². The number of hydrogen-bond donors (Lipinski definition) is 7. The Labute approximate surface area is 148 Å². The number of nitrogens with two attached hydrogens (primary N) is 1. The predicted octanol–water partition coefficient (Wildman–Crippen LogP) is -1.36. The minimum atomic E-state index is -1.53. The summed E-state index contributed by atoms with van der Waals surface area (Å²) in [6.07, 6.45) is -6.65. The van der Waals surface area contributed by atoms with Crippen LogP contribution in [0.4, 0.5) is 0 Å². The maximum absolute atomic E-state index is 11.2. The monoisotopic (exact) mass is 366 g/mol. The average Bonchev–Trinajstić information content (AvgIpc) is 2.98. The summed E-state index contributed by atoms with van der Waals surface area (Å²) < 4.78 is 5.60. The van der Waals surface area contributed by atoms with Crippen molar-refractivity contribution < 1.29 is 35.1 Å². The molecule has 9 heteroatoms. The fraction of sp³-hybridized carbons (Fsp3) is 0.471. The van der Waals surface area contributed by atoms with E-state index in [1.54, 1.807) is 24.3 Å². The molecule has 3 rings (SSSR count). The fourth-order valence-electron chi connectivity index (χ4n) is 3.33. The van der Waals surface area contributed by atoms with E-state index in [-0.39, 0.29) is 6.42 Å². The molecule has 0 spiro atoms. The number of fused-ring (bicyclic) bond motifs is 1. The summed E-state index contributed by atoms with van der Waals surface area (Å²) in [6, 6.07) is 5.96. The minimum Gasteiger partial charge on any atom is -0.480 e. The van der Waals surface area contributed by atoms with Gasteiger partial charge in [0.25, 0.3) is 0 Å². The summed E-state index contributed by atoms with van der Waals surface area (Å²) in [5.74, 6) is -1.17. The second-order valence-corrected chi connectivity index (χ2v) is 6.46. The Morgan fingerprint density at radius 3 is 2.54 bits per heavy atom. The van der Waals surface area contributed by atoms with Gasteiger partial charge in [-0.15, -0.1) is 0 Å². The Morgan fingerprint density at radius 2 is 1.88 bits per heavy atom. The van der Waals surface area contributed by atoms with Crippen LogP contribution in [0.15, 0.2) is 24.3 Å². The molecule has 0 amide bonds. The molecule has 8 N–H and O–H groups in total. The van der Waals surface area contributed by atoms with Gasteiger partial charge in [-0.1, -0.05) is 18.2 Å². The number of para-hydroxylation sites is 1. The largest absolute Gasteiger partial charge is 0.480 e. The summed E-state index contributed by atoms with van der Waals surface area (Å²) in [7, 11) is 0. The van der Waals surface area contributed by atoms with E-state index in [2.05, 4.69) is 4.98 Å². The van der Waals surface area contributed by atoms with Crippen molar-refractivity contribution in [2.45, 2.75) is 43.0 Å². The van der Waals surface area contributed by atoms with Gasteiger partial charge in [0.15, 0.2) is 0 Å². The highest BCUT2D eigenvalue weighted by Gasteiger charge is 2.45. The van der Waals surface area contributed by atoms with Gasteiger partial charge in [0.05, 0.1) is 12.3 Å². The third-order valence-corrected chi connectivity index (χ3v) is 4.76. The van der Waals surface area contributed by atoms with Crippen LogP contribution in [0.1, 0.15) is 17.4 Å². The van der Waals surface area contributed by atoms with E-state index in [1.807, 2.05) is 0 Å². The van der Waals surface area contributed by atoms with Crippen molar-refractivity contribution in [3.05, 3.63) is 35.5 Å². The zero-order valence-electron chi connectivity index (χ0n) is 13.8. The fourth-order valence-corrected chi connectivity index (χ4v) is 3.33. The minimum absolute atomic E-state index is 0.0241. The van der Waals surface area contributed by atoms with Crippen molar-refractivity contribution in [1.82, 2.24) is 4.98 Å². The quantitative estimate of drug-likeness (QED) is 0.340. The summed E-state index contributed by atoms with van der Waals surface area (Å²) in [4.78, 5) is 14.3. The highest BCUT2D eigenvalue weighted by molar-refractivity contribution is 5.86. The normalized spacial score (nSPS) is 30.4. The highest BCUT2D eigenvalue weighted by atomic mass is 16.5.